The number of hydrogen-bond donors (Lipinski definition) is 1. The Morgan fingerprint density at radius 3 is 2.70 bits per heavy atom. The molecule has 5 aromatic rings. The van der Waals surface area contributed by atoms with Crippen LogP contribution in [0.25, 0.3) is 22.2 Å². The second-order valence-electron chi connectivity index (χ2n) is 8.24. The summed E-state index contributed by atoms with van der Waals surface area (Å²) in [6, 6.07) is 19.9. The zero-order valence-corrected chi connectivity index (χ0v) is 20.3. The lowest BCUT2D eigenvalue weighted by molar-refractivity contribution is 0.391. The standard InChI is InChI=1S/C28H23FN6O2/c1-36-21-10-9-19(26(13-21)37-2)15-32-28-27-20(12-24(33-28)22-7-4-3-6-18(22)14-30)16-35(34-27)17-25-23(29)8-5-11-31-25/h3-13,16H,15,17H2,1-2H3,(H,32,33). The number of rotatable bonds is 8. The Labute approximate surface area is 212 Å². The van der Waals surface area contributed by atoms with Crippen LogP contribution in [0.15, 0.2) is 73.1 Å². The third kappa shape index (κ3) is 4.90. The monoisotopic (exact) mass is 494 g/mol. The van der Waals surface area contributed by atoms with Crippen molar-refractivity contribution in [2.24, 2.45) is 0 Å². The van der Waals surface area contributed by atoms with Crippen molar-refractivity contribution in [3.8, 4) is 28.8 Å². The van der Waals surface area contributed by atoms with Crippen molar-refractivity contribution in [3.05, 3.63) is 95.7 Å². The lowest BCUT2D eigenvalue weighted by Gasteiger charge is -2.13. The number of benzene rings is 2. The Hall–Kier alpha value is -4.97. The first-order chi connectivity index (χ1) is 18.1. The second kappa shape index (κ2) is 10.3. The molecule has 3 aromatic heterocycles. The van der Waals surface area contributed by atoms with E-state index in [1.54, 1.807) is 37.2 Å². The minimum Gasteiger partial charge on any atom is -0.497 e. The van der Waals surface area contributed by atoms with Crippen LogP contribution < -0.4 is 14.8 Å². The highest BCUT2D eigenvalue weighted by molar-refractivity contribution is 5.91. The molecule has 0 aliphatic rings. The van der Waals surface area contributed by atoms with E-state index in [1.165, 1.54) is 6.07 Å². The molecule has 2 aromatic carbocycles. The predicted octanol–water partition coefficient (Wildman–Crippen LogP) is 5.18. The third-order valence-corrected chi connectivity index (χ3v) is 5.95. The average Bonchev–Trinajstić information content (AvgIpc) is 3.35. The first-order valence-corrected chi connectivity index (χ1v) is 11.5. The van der Waals surface area contributed by atoms with Gasteiger partial charge in [0.1, 0.15) is 22.8 Å². The summed E-state index contributed by atoms with van der Waals surface area (Å²) in [7, 11) is 3.21. The fourth-order valence-corrected chi connectivity index (χ4v) is 4.09. The lowest BCUT2D eigenvalue weighted by atomic mass is 10.0. The van der Waals surface area contributed by atoms with Crippen molar-refractivity contribution in [1.82, 2.24) is 19.7 Å². The molecule has 0 aliphatic carbocycles. The molecule has 0 fully saturated rings. The Balaban J connectivity index is 1.57. The molecule has 0 atom stereocenters. The van der Waals surface area contributed by atoms with E-state index in [0.717, 1.165) is 10.9 Å². The van der Waals surface area contributed by atoms with E-state index in [9.17, 15) is 9.65 Å². The molecule has 0 bridgehead atoms. The maximum Gasteiger partial charge on any atom is 0.155 e. The summed E-state index contributed by atoms with van der Waals surface area (Å²) >= 11 is 0. The number of nitrogens with zero attached hydrogens (tertiary/aromatic N) is 5. The van der Waals surface area contributed by atoms with Crippen LogP contribution in [0.4, 0.5) is 10.2 Å². The smallest absolute Gasteiger partial charge is 0.155 e. The number of pyridine rings is 2. The van der Waals surface area contributed by atoms with Crippen LogP contribution in [0.5, 0.6) is 11.5 Å². The molecule has 0 saturated heterocycles. The summed E-state index contributed by atoms with van der Waals surface area (Å²) in [5, 5.41) is 18.5. The first kappa shape index (κ1) is 23.8. The van der Waals surface area contributed by atoms with Gasteiger partial charge in [-0.25, -0.2) is 9.37 Å². The number of halogens is 1. The summed E-state index contributed by atoms with van der Waals surface area (Å²) in [6.07, 6.45) is 3.37. The molecule has 0 spiro atoms. The van der Waals surface area contributed by atoms with Gasteiger partial charge in [0.05, 0.1) is 43.8 Å². The molecular weight excluding hydrogens is 471 g/mol. The maximum absolute atomic E-state index is 14.2. The molecule has 9 heteroatoms. The number of hydrogen-bond acceptors (Lipinski definition) is 7. The maximum atomic E-state index is 14.2. The van der Waals surface area contributed by atoms with Crippen molar-refractivity contribution < 1.29 is 13.9 Å². The lowest BCUT2D eigenvalue weighted by Crippen LogP contribution is -2.06. The average molecular weight is 495 g/mol. The minimum absolute atomic E-state index is 0.164. The molecule has 8 nitrogen and oxygen atoms in total. The van der Waals surface area contributed by atoms with Gasteiger partial charge in [0, 0.05) is 41.5 Å². The van der Waals surface area contributed by atoms with E-state index < -0.39 is 5.82 Å². The summed E-state index contributed by atoms with van der Waals surface area (Å²) < 4.78 is 26.7. The van der Waals surface area contributed by atoms with Gasteiger partial charge in [-0.1, -0.05) is 18.2 Å². The number of ether oxygens (including phenoxy) is 2. The van der Waals surface area contributed by atoms with E-state index in [-0.39, 0.29) is 12.2 Å². The van der Waals surface area contributed by atoms with Gasteiger partial charge in [-0.05, 0) is 36.4 Å². The minimum atomic E-state index is -0.395. The Morgan fingerprint density at radius 2 is 1.92 bits per heavy atom. The molecule has 37 heavy (non-hydrogen) atoms. The van der Waals surface area contributed by atoms with Crippen molar-refractivity contribution in [2.75, 3.05) is 19.5 Å². The molecule has 0 radical (unpaired) electrons. The van der Waals surface area contributed by atoms with Gasteiger partial charge >= 0.3 is 0 Å². The molecule has 184 valence electrons. The van der Waals surface area contributed by atoms with Crippen LogP contribution in [0.2, 0.25) is 0 Å². The number of nitriles is 1. The van der Waals surface area contributed by atoms with Crippen LogP contribution >= 0.6 is 0 Å². The first-order valence-electron chi connectivity index (χ1n) is 11.5. The summed E-state index contributed by atoms with van der Waals surface area (Å²) in [4.78, 5) is 8.96. The third-order valence-electron chi connectivity index (χ3n) is 5.95. The van der Waals surface area contributed by atoms with E-state index in [1.807, 2.05) is 48.7 Å². The van der Waals surface area contributed by atoms with Crippen molar-refractivity contribution in [3.63, 3.8) is 0 Å². The van der Waals surface area contributed by atoms with Crippen LogP contribution in [0, 0.1) is 17.1 Å². The molecule has 0 saturated carbocycles. The number of fused-ring (bicyclic) bond motifs is 1. The highest BCUT2D eigenvalue weighted by Gasteiger charge is 2.16. The summed E-state index contributed by atoms with van der Waals surface area (Å²) in [5.74, 6) is 1.49. The highest BCUT2D eigenvalue weighted by atomic mass is 19.1. The Morgan fingerprint density at radius 1 is 1.05 bits per heavy atom. The molecule has 5 rings (SSSR count). The van der Waals surface area contributed by atoms with Crippen molar-refractivity contribution >= 4 is 16.7 Å². The van der Waals surface area contributed by atoms with Crippen LogP contribution in [0.1, 0.15) is 16.8 Å². The Kier molecular flexibility index (Phi) is 6.64. The number of nitrogens with one attached hydrogen (secondary N) is 1. The van der Waals surface area contributed by atoms with Gasteiger partial charge in [0.15, 0.2) is 5.82 Å². The van der Waals surface area contributed by atoms with E-state index in [0.29, 0.717) is 46.2 Å². The molecule has 0 unspecified atom stereocenters. The van der Waals surface area contributed by atoms with Gasteiger partial charge in [-0.15, -0.1) is 0 Å². The summed E-state index contributed by atoms with van der Waals surface area (Å²) in [5.41, 5.74) is 3.65. The zero-order chi connectivity index (χ0) is 25.8. The van der Waals surface area contributed by atoms with E-state index in [4.69, 9.17) is 14.5 Å². The van der Waals surface area contributed by atoms with Crippen molar-refractivity contribution in [2.45, 2.75) is 13.1 Å². The normalized spacial score (nSPS) is 10.8. The number of anilines is 1. The number of methoxy groups -OCH3 is 2. The van der Waals surface area contributed by atoms with Crippen LogP contribution in [-0.2, 0) is 13.1 Å². The summed E-state index contributed by atoms with van der Waals surface area (Å²) in [6.45, 7) is 0.567. The second-order valence-corrected chi connectivity index (χ2v) is 8.24. The van der Waals surface area contributed by atoms with E-state index in [2.05, 4.69) is 21.5 Å². The molecule has 0 amide bonds. The Bertz CT molecular complexity index is 1630. The SMILES string of the molecule is COc1ccc(CNc2nc(-c3ccccc3C#N)cc3cn(Cc4ncccc4F)nc23)c(OC)c1. The topological polar surface area (TPSA) is 97.9 Å². The zero-order valence-electron chi connectivity index (χ0n) is 20.3. The van der Waals surface area contributed by atoms with Gasteiger partial charge in [-0.3, -0.25) is 9.67 Å². The molecular formula is C28H23FN6O2. The van der Waals surface area contributed by atoms with Gasteiger partial charge in [-0.2, -0.15) is 10.4 Å². The number of aromatic nitrogens is 4. The fourth-order valence-electron chi connectivity index (χ4n) is 4.09. The van der Waals surface area contributed by atoms with Gasteiger partial charge in [0.2, 0.25) is 0 Å². The van der Waals surface area contributed by atoms with Gasteiger partial charge in [0.25, 0.3) is 0 Å². The molecule has 3 heterocycles. The van der Waals surface area contributed by atoms with Crippen LogP contribution in [0.3, 0.4) is 0 Å². The fraction of sp³-hybridized carbons (Fsp3) is 0.143. The predicted molar refractivity (Wildman–Crippen MR) is 138 cm³/mol. The quantitative estimate of drug-likeness (QED) is 0.317. The highest BCUT2D eigenvalue weighted by Crippen LogP contribution is 2.31. The largest absolute Gasteiger partial charge is 0.497 e. The van der Waals surface area contributed by atoms with Gasteiger partial charge < -0.3 is 14.8 Å². The van der Waals surface area contributed by atoms with Crippen LogP contribution in [-0.4, -0.2) is 34.0 Å². The molecule has 0 aliphatic heterocycles. The van der Waals surface area contributed by atoms with Crippen molar-refractivity contribution in [1.29, 1.82) is 5.26 Å². The van der Waals surface area contributed by atoms with E-state index >= 15 is 0 Å². The molecule has 1 N–H and O–H groups in total.